The van der Waals surface area contributed by atoms with Crippen LogP contribution in [0.4, 0.5) is 0 Å². The predicted octanol–water partition coefficient (Wildman–Crippen LogP) is 9.56. The Hall–Kier alpha value is -6.86. The first-order valence-electron chi connectivity index (χ1n) is 16.3. The minimum absolute atomic E-state index is 0.592. The van der Waals surface area contributed by atoms with Crippen LogP contribution in [0.5, 0.6) is 0 Å². The Bertz CT molecular complexity index is 2760. The summed E-state index contributed by atoms with van der Waals surface area (Å²) in [6.45, 7) is 0. The second-order valence-electron chi connectivity index (χ2n) is 12.0. The van der Waals surface area contributed by atoms with E-state index >= 15 is 0 Å². The molecule has 0 unspecified atom stereocenters. The van der Waals surface area contributed by atoms with Crippen molar-refractivity contribution in [2.75, 3.05) is 0 Å². The van der Waals surface area contributed by atoms with E-state index in [9.17, 15) is 0 Å². The van der Waals surface area contributed by atoms with E-state index in [2.05, 4.69) is 105 Å². The Labute approximate surface area is 281 Å². The number of fused-ring (bicyclic) bond motifs is 7. The number of benzene rings is 6. The lowest BCUT2D eigenvalue weighted by atomic mass is 10.1. The Morgan fingerprint density at radius 3 is 1.61 bits per heavy atom. The fraction of sp³-hybridized carbons (Fsp3) is 0. The van der Waals surface area contributed by atoms with Crippen LogP contribution < -0.4 is 0 Å². The molecular weight excluding hydrogens is 603 g/mol. The zero-order valence-electron chi connectivity index (χ0n) is 26.2. The van der Waals surface area contributed by atoms with Gasteiger partial charge in [-0.3, -0.25) is 13.5 Å². The van der Waals surface area contributed by atoms with Gasteiger partial charge >= 0.3 is 0 Å². The second kappa shape index (κ2) is 10.9. The molecule has 0 atom stereocenters. The molecular formula is C42H27N7. The van der Waals surface area contributed by atoms with E-state index in [-0.39, 0.29) is 0 Å². The Kier molecular flexibility index (Phi) is 6.04. The minimum atomic E-state index is 0.592. The highest BCUT2D eigenvalue weighted by Gasteiger charge is 2.25. The molecule has 0 aliphatic carbocycles. The van der Waals surface area contributed by atoms with Gasteiger partial charge in [0.2, 0.25) is 5.78 Å². The lowest BCUT2D eigenvalue weighted by molar-refractivity contribution is 1.05. The maximum atomic E-state index is 5.44. The van der Waals surface area contributed by atoms with Crippen molar-refractivity contribution in [3.63, 3.8) is 0 Å². The van der Waals surface area contributed by atoms with Gasteiger partial charge < -0.3 is 0 Å². The van der Waals surface area contributed by atoms with Gasteiger partial charge in [0.25, 0.3) is 0 Å². The summed E-state index contributed by atoms with van der Waals surface area (Å²) in [5.41, 5.74) is 9.93. The summed E-state index contributed by atoms with van der Waals surface area (Å²) in [7, 11) is 0. The highest BCUT2D eigenvalue weighted by molar-refractivity contribution is 6.09. The average molecular weight is 630 g/mol. The van der Waals surface area contributed by atoms with Crippen LogP contribution in [0.15, 0.2) is 164 Å². The zero-order valence-corrected chi connectivity index (χ0v) is 26.2. The van der Waals surface area contributed by atoms with Crippen molar-refractivity contribution in [2.45, 2.75) is 0 Å². The molecule has 4 aromatic heterocycles. The molecule has 0 aliphatic rings. The van der Waals surface area contributed by atoms with Crippen LogP contribution in [0.3, 0.4) is 0 Å². The Morgan fingerprint density at radius 1 is 0.388 bits per heavy atom. The summed E-state index contributed by atoms with van der Waals surface area (Å²) >= 11 is 0. The van der Waals surface area contributed by atoms with Crippen LogP contribution in [0.2, 0.25) is 0 Å². The molecule has 0 radical (unpaired) electrons. The van der Waals surface area contributed by atoms with Crippen LogP contribution in [0, 0.1) is 0 Å². The standard InChI is InChI=1S/C42H27N7/c1-4-16-28(17-5-1)38-43-39(29-18-6-2-7-19-29)45-40(44-38)32-23-11-13-25-34(32)48-35-26-14-15-27-36(35)49-37-31-22-10-12-24-33(31)47(41(37)46-42(48)49)30-20-8-3-9-21-30/h1-27H. The normalized spacial score (nSPS) is 11.7. The third kappa shape index (κ3) is 4.22. The van der Waals surface area contributed by atoms with Gasteiger partial charge in [-0.2, -0.15) is 4.98 Å². The molecule has 0 bridgehead atoms. The molecule has 0 fully saturated rings. The summed E-state index contributed by atoms with van der Waals surface area (Å²) in [4.78, 5) is 20.6. The number of rotatable bonds is 5. The van der Waals surface area contributed by atoms with E-state index in [4.69, 9.17) is 19.9 Å². The molecule has 7 heteroatoms. The number of hydrogen-bond donors (Lipinski definition) is 0. The van der Waals surface area contributed by atoms with Crippen molar-refractivity contribution >= 4 is 38.9 Å². The predicted molar refractivity (Wildman–Crippen MR) is 196 cm³/mol. The van der Waals surface area contributed by atoms with Gasteiger partial charge in [-0.1, -0.05) is 121 Å². The molecule has 0 aliphatic heterocycles. The van der Waals surface area contributed by atoms with Crippen LogP contribution in [-0.2, 0) is 0 Å². The lowest BCUT2D eigenvalue weighted by Crippen LogP contribution is -2.04. The van der Waals surface area contributed by atoms with Gasteiger partial charge in [0, 0.05) is 27.8 Å². The maximum absolute atomic E-state index is 5.44. The number of imidazole rings is 2. The number of aromatic nitrogens is 7. The summed E-state index contributed by atoms with van der Waals surface area (Å²) in [5.74, 6) is 2.65. The molecule has 6 aromatic carbocycles. The third-order valence-corrected chi connectivity index (χ3v) is 9.12. The van der Waals surface area contributed by atoms with Gasteiger partial charge in [-0.15, -0.1) is 0 Å². The van der Waals surface area contributed by atoms with E-state index in [0.29, 0.717) is 17.5 Å². The minimum Gasteiger partial charge on any atom is -0.292 e. The van der Waals surface area contributed by atoms with E-state index < -0.39 is 0 Å². The van der Waals surface area contributed by atoms with Gasteiger partial charge in [0.15, 0.2) is 23.1 Å². The first-order valence-corrected chi connectivity index (χ1v) is 16.3. The van der Waals surface area contributed by atoms with Crippen molar-refractivity contribution in [3.8, 4) is 45.5 Å². The molecule has 230 valence electrons. The van der Waals surface area contributed by atoms with Crippen molar-refractivity contribution in [2.24, 2.45) is 0 Å². The highest BCUT2D eigenvalue weighted by Crippen LogP contribution is 2.38. The van der Waals surface area contributed by atoms with Crippen molar-refractivity contribution in [1.29, 1.82) is 0 Å². The van der Waals surface area contributed by atoms with E-state index in [1.165, 1.54) is 0 Å². The van der Waals surface area contributed by atoms with Gasteiger partial charge in [-0.25, -0.2) is 15.0 Å². The summed E-state index contributed by atoms with van der Waals surface area (Å²) in [5, 5.41) is 1.14. The number of hydrogen-bond acceptors (Lipinski definition) is 4. The van der Waals surface area contributed by atoms with Gasteiger partial charge in [-0.05, 0) is 42.5 Å². The first kappa shape index (κ1) is 27.3. The van der Waals surface area contributed by atoms with E-state index in [1.54, 1.807) is 0 Å². The Balaban J connectivity index is 1.28. The molecule has 0 N–H and O–H groups in total. The van der Waals surface area contributed by atoms with E-state index in [1.807, 2.05) is 72.8 Å². The molecule has 10 rings (SSSR count). The fourth-order valence-corrected chi connectivity index (χ4v) is 6.97. The number of nitrogens with zero attached hydrogens (tertiary/aromatic N) is 7. The highest BCUT2D eigenvalue weighted by atomic mass is 15.2. The molecule has 0 saturated heterocycles. The van der Waals surface area contributed by atoms with Crippen molar-refractivity contribution in [3.05, 3.63) is 164 Å². The lowest BCUT2D eigenvalue weighted by Gasteiger charge is -2.13. The van der Waals surface area contributed by atoms with Crippen LogP contribution in [-0.4, -0.2) is 33.5 Å². The summed E-state index contributed by atoms with van der Waals surface area (Å²) < 4.78 is 6.79. The van der Waals surface area contributed by atoms with Gasteiger partial charge in [0.1, 0.15) is 5.52 Å². The molecule has 0 amide bonds. The van der Waals surface area contributed by atoms with Gasteiger partial charge in [0.05, 0.1) is 22.2 Å². The quantitative estimate of drug-likeness (QED) is 0.190. The molecule has 4 heterocycles. The van der Waals surface area contributed by atoms with Crippen molar-refractivity contribution in [1.82, 2.24) is 33.5 Å². The molecule has 7 nitrogen and oxygen atoms in total. The molecule has 0 spiro atoms. The zero-order chi connectivity index (χ0) is 32.3. The maximum Gasteiger partial charge on any atom is 0.222 e. The van der Waals surface area contributed by atoms with Crippen LogP contribution in [0.25, 0.3) is 84.4 Å². The monoisotopic (exact) mass is 629 g/mol. The molecule has 49 heavy (non-hydrogen) atoms. The Morgan fingerprint density at radius 2 is 0.918 bits per heavy atom. The smallest absolute Gasteiger partial charge is 0.222 e. The molecule has 10 aromatic rings. The number of para-hydroxylation sites is 5. The largest absolute Gasteiger partial charge is 0.292 e. The molecule has 0 saturated carbocycles. The topological polar surface area (TPSA) is 65.8 Å². The average Bonchev–Trinajstić information content (AvgIpc) is 3.81. The van der Waals surface area contributed by atoms with Crippen LogP contribution in [0.1, 0.15) is 0 Å². The fourth-order valence-electron chi connectivity index (χ4n) is 6.97. The SMILES string of the molecule is c1ccc(-c2nc(-c3ccccc3)nc(-c3ccccc3-n3c4ccccc4n4c5c6ccccc6n(-c6ccccc6)c5nc34)n2)cc1. The summed E-state index contributed by atoms with van der Waals surface area (Å²) in [6, 6.07) is 55.9. The summed E-state index contributed by atoms with van der Waals surface area (Å²) in [6.07, 6.45) is 0. The second-order valence-corrected chi connectivity index (χ2v) is 12.0. The van der Waals surface area contributed by atoms with Crippen molar-refractivity contribution < 1.29 is 0 Å². The first-order chi connectivity index (χ1) is 24.3. The third-order valence-electron chi connectivity index (χ3n) is 9.12. The van der Waals surface area contributed by atoms with Crippen LogP contribution >= 0.6 is 0 Å². The van der Waals surface area contributed by atoms with E-state index in [0.717, 1.165) is 66.9 Å².